The number of anilines is 1. The maximum absolute atomic E-state index is 11.7. The van der Waals surface area contributed by atoms with Crippen LogP contribution in [0.2, 0.25) is 0 Å². The number of nitrogens with one attached hydrogen (secondary N) is 2. The smallest absolute Gasteiger partial charge is 0.269 e. The molecule has 1 amide bonds. The number of carbonyl (C=O) groups is 1. The van der Waals surface area contributed by atoms with E-state index in [-0.39, 0.29) is 17.8 Å². The molecule has 0 aromatic carbocycles. The normalized spacial score (nSPS) is 12.3. The molecule has 4 N–H and O–H groups in total. The van der Waals surface area contributed by atoms with Crippen molar-refractivity contribution in [1.29, 1.82) is 0 Å². The number of nitrogen functional groups attached to an aromatic ring is 1. The van der Waals surface area contributed by atoms with E-state index in [9.17, 15) is 4.79 Å². The molecule has 6 heteroatoms. The zero-order valence-electron chi connectivity index (χ0n) is 8.73. The summed E-state index contributed by atoms with van der Waals surface area (Å²) in [5.41, 5.74) is 5.73. The van der Waals surface area contributed by atoms with Crippen molar-refractivity contribution < 1.29 is 9.21 Å². The Balaban J connectivity index is 2.03. The molecule has 0 bridgehead atoms. The van der Waals surface area contributed by atoms with Crippen LogP contribution in [-0.4, -0.2) is 16.1 Å². The molecule has 2 aromatic rings. The first-order valence-corrected chi connectivity index (χ1v) is 4.82. The van der Waals surface area contributed by atoms with Crippen LogP contribution in [0.25, 0.3) is 0 Å². The molecule has 0 radical (unpaired) electrons. The van der Waals surface area contributed by atoms with Gasteiger partial charge in [0, 0.05) is 6.07 Å². The van der Waals surface area contributed by atoms with Crippen molar-refractivity contribution in [3.63, 3.8) is 0 Å². The molecule has 0 saturated heterocycles. The van der Waals surface area contributed by atoms with E-state index in [2.05, 4.69) is 15.5 Å². The number of carbonyl (C=O) groups excluding carboxylic acids is 1. The van der Waals surface area contributed by atoms with Crippen molar-refractivity contribution >= 4 is 11.7 Å². The summed E-state index contributed by atoms with van der Waals surface area (Å²) >= 11 is 0. The second-order valence-corrected chi connectivity index (χ2v) is 3.42. The zero-order chi connectivity index (χ0) is 11.5. The van der Waals surface area contributed by atoms with Gasteiger partial charge >= 0.3 is 0 Å². The fourth-order valence-electron chi connectivity index (χ4n) is 1.34. The standard InChI is InChI=1S/C10H12N4O2/c1-6(8-3-2-4-16-8)12-10(15)7-5-9(11)14-13-7/h2-6H,1H3,(H,12,15)(H3,11,13,14). The van der Waals surface area contributed by atoms with Gasteiger partial charge in [0.05, 0.1) is 12.3 Å². The van der Waals surface area contributed by atoms with Gasteiger partial charge in [0.25, 0.3) is 5.91 Å². The summed E-state index contributed by atoms with van der Waals surface area (Å²) in [6, 6.07) is 4.84. The van der Waals surface area contributed by atoms with Crippen LogP contribution in [0.15, 0.2) is 28.9 Å². The Bertz CT molecular complexity index is 475. The largest absolute Gasteiger partial charge is 0.467 e. The summed E-state index contributed by atoms with van der Waals surface area (Å²) in [5, 5.41) is 8.97. The van der Waals surface area contributed by atoms with Crippen LogP contribution < -0.4 is 11.1 Å². The minimum atomic E-state index is -0.270. The summed E-state index contributed by atoms with van der Waals surface area (Å²) in [6.45, 7) is 1.83. The lowest BCUT2D eigenvalue weighted by molar-refractivity contribution is 0.0930. The Morgan fingerprint density at radius 2 is 2.50 bits per heavy atom. The lowest BCUT2D eigenvalue weighted by Crippen LogP contribution is -2.26. The number of H-pyrrole nitrogens is 1. The highest BCUT2D eigenvalue weighted by Gasteiger charge is 2.14. The van der Waals surface area contributed by atoms with Gasteiger partial charge in [-0.3, -0.25) is 9.89 Å². The third-order valence-corrected chi connectivity index (χ3v) is 2.16. The molecular formula is C10H12N4O2. The highest BCUT2D eigenvalue weighted by Crippen LogP contribution is 2.13. The SMILES string of the molecule is CC(NC(=O)c1cc(N)n[nH]1)c1ccco1. The van der Waals surface area contributed by atoms with Crippen LogP contribution >= 0.6 is 0 Å². The van der Waals surface area contributed by atoms with E-state index >= 15 is 0 Å². The topological polar surface area (TPSA) is 96.9 Å². The van der Waals surface area contributed by atoms with Gasteiger partial charge in [-0.15, -0.1) is 0 Å². The fraction of sp³-hybridized carbons (Fsp3) is 0.200. The van der Waals surface area contributed by atoms with Crippen LogP contribution in [0.3, 0.4) is 0 Å². The second kappa shape index (κ2) is 4.09. The highest BCUT2D eigenvalue weighted by molar-refractivity contribution is 5.93. The van der Waals surface area contributed by atoms with Gasteiger partial charge < -0.3 is 15.5 Å². The molecule has 0 spiro atoms. The zero-order valence-corrected chi connectivity index (χ0v) is 8.73. The van der Waals surface area contributed by atoms with Crippen molar-refractivity contribution in [2.75, 3.05) is 5.73 Å². The Morgan fingerprint density at radius 3 is 3.06 bits per heavy atom. The van der Waals surface area contributed by atoms with Crippen LogP contribution in [0.5, 0.6) is 0 Å². The average molecular weight is 220 g/mol. The van der Waals surface area contributed by atoms with Crippen molar-refractivity contribution in [2.45, 2.75) is 13.0 Å². The molecule has 6 nitrogen and oxygen atoms in total. The molecule has 0 fully saturated rings. The van der Waals surface area contributed by atoms with Gasteiger partial charge in [-0.1, -0.05) is 0 Å². The summed E-state index contributed by atoms with van der Waals surface area (Å²) in [7, 11) is 0. The molecule has 1 unspecified atom stereocenters. The van der Waals surface area contributed by atoms with E-state index in [0.717, 1.165) is 0 Å². The highest BCUT2D eigenvalue weighted by atomic mass is 16.3. The van der Waals surface area contributed by atoms with E-state index < -0.39 is 0 Å². The quantitative estimate of drug-likeness (QED) is 0.720. The fourth-order valence-corrected chi connectivity index (χ4v) is 1.34. The van der Waals surface area contributed by atoms with E-state index in [4.69, 9.17) is 10.2 Å². The second-order valence-electron chi connectivity index (χ2n) is 3.42. The van der Waals surface area contributed by atoms with E-state index in [1.54, 1.807) is 18.4 Å². The molecule has 1 atom stereocenters. The summed E-state index contributed by atoms with van der Waals surface area (Å²) < 4.78 is 5.17. The molecule has 0 aliphatic carbocycles. The molecule has 0 saturated carbocycles. The number of hydrogen-bond acceptors (Lipinski definition) is 4. The van der Waals surface area contributed by atoms with Crippen LogP contribution in [0.1, 0.15) is 29.2 Å². The first-order chi connectivity index (χ1) is 7.66. The molecule has 16 heavy (non-hydrogen) atoms. The van der Waals surface area contributed by atoms with Crippen molar-refractivity contribution in [3.8, 4) is 0 Å². The van der Waals surface area contributed by atoms with Crippen molar-refractivity contribution in [1.82, 2.24) is 15.5 Å². The minimum Gasteiger partial charge on any atom is -0.467 e. The molecule has 2 heterocycles. The van der Waals surface area contributed by atoms with Gasteiger partial charge in [-0.2, -0.15) is 5.10 Å². The Kier molecular flexibility index (Phi) is 2.63. The minimum absolute atomic E-state index is 0.202. The number of aromatic amines is 1. The molecule has 0 aliphatic rings. The van der Waals surface area contributed by atoms with E-state index in [1.165, 1.54) is 6.07 Å². The van der Waals surface area contributed by atoms with E-state index in [0.29, 0.717) is 11.5 Å². The van der Waals surface area contributed by atoms with Crippen LogP contribution in [0.4, 0.5) is 5.82 Å². The molecule has 2 rings (SSSR count). The maximum atomic E-state index is 11.7. The third kappa shape index (κ3) is 2.05. The maximum Gasteiger partial charge on any atom is 0.269 e. The number of rotatable bonds is 3. The predicted molar refractivity (Wildman–Crippen MR) is 57.6 cm³/mol. The number of aromatic nitrogens is 2. The summed E-state index contributed by atoms with van der Waals surface area (Å²) in [6.07, 6.45) is 1.56. The number of amides is 1. The van der Waals surface area contributed by atoms with Crippen molar-refractivity contribution in [2.24, 2.45) is 0 Å². The van der Waals surface area contributed by atoms with Gasteiger partial charge in [0.1, 0.15) is 17.3 Å². The van der Waals surface area contributed by atoms with Gasteiger partial charge in [0.2, 0.25) is 0 Å². The Morgan fingerprint density at radius 1 is 1.69 bits per heavy atom. The summed E-state index contributed by atoms with van der Waals surface area (Å²) in [5.74, 6) is 0.713. The van der Waals surface area contributed by atoms with Gasteiger partial charge in [-0.05, 0) is 19.1 Å². The van der Waals surface area contributed by atoms with Crippen molar-refractivity contribution in [3.05, 3.63) is 35.9 Å². The third-order valence-electron chi connectivity index (χ3n) is 2.16. The average Bonchev–Trinajstić information content (AvgIpc) is 2.87. The lowest BCUT2D eigenvalue weighted by atomic mass is 10.2. The number of furan rings is 1. The monoisotopic (exact) mass is 220 g/mol. The number of nitrogens with two attached hydrogens (primary N) is 1. The lowest BCUT2D eigenvalue weighted by Gasteiger charge is -2.09. The molecule has 0 aliphatic heterocycles. The van der Waals surface area contributed by atoms with Crippen LogP contribution in [-0.2, 0) is 0 Å². The number of hydrogen-bond donors (Lipinski definition) is 3. The summed E-state index contributed by atoms with van der Waals surface area (Å²) in [4.78, 5) is 11.7. The Labute approximate surface area is 91.8 Å². The predicted octanol–water partition coefficient (Wildman–Crippen LogP) is 1.08. The Hall–Kier alpha value is -2.24. The van der Waals surface area contributed by atoms with E-state index in [1.807, 2.05) is 6.92 Å². The molecule has 84 valence electrons. The van der Waals surface area contributed by atoms with Gasteiger partial charge in [-0.25, -0.2) is 0 Å². The number of nitrogens with zero attached hydrogens (tertiary/aromatic N) is 1. The van der Waals surface area contributed by atoms with Crippen LogP contribution in [0, 0.1) is 0 Å². The first kappa shape index (κ1) is 10.3. The van der Waals surface area contributed by atoms with Gasteiger partial charge in [0.15, 0.2) is 0 Å². The first-order valence-electron chi connectivity index (χ1n) is 4.82. The molecule has 2 aromatic heterocycles. The molecular weight excluding hydrogens is 208 g/mol.